The summed E-state index contributed by atoms with van der Waals surface area (Å²) in [6.07, 6.45) is 1.06. The second-order valence-corrected chi connectivity index (χ2v) is 6.14. The Kier molecular flexibility index (Phi) is 5.60. The van der Waals surface area contributed by atoms with E-state index in [1.807, 2.05) is 0 Å². The van der Waals surface area contributed by atoms with Gasteiger partial charge in [-0.1, -0.05) is 12.1 Å². The molecule has 1 rings (SSSR count). The first kappa shape index (κ1) is 16.8. The predicted octanol–water partition coefficient (Wildman–Crippen LogP) is -0.0479. The van der Waals surface area contributed by atoms with Gasteiger partial charge in [-0.3, -0.25) is 9.59 Å². The lowest BCUT2D eigenvalue weighted by Gasteiger charge is -2.05. The van der Waals surface area contributed by atoms with Crippen LogP contribution >= 0.6 is 0 Å². The van der Waals surface area contributed by atoms with Crippen molar-refractivity contribution in [3.8, 4) is 0 Å². The monoisotopic (exact) mass is 313 g/mol. The molecule has 1 aromatic carbocycles. The summed E-state index contributed by atoms with van der Waals surface area (Å²) in [5.41, 5.74) is 0.228. The van der Waals surface area contributed by atoms with Crippen LogP contribution in [0.5, 0.6) is 0 Å². The number of esters is 1. The summed E-state index contributed by atoms with van der Waals surface area (Å²) in [4.78, 5) is 34.1. The van der Waals surface area contributed by atoms with Gasteiger partial charge in [0.2, 0.25) is 0 Å². The molecule has 0 aliphatic rings. The maximum atomic E-state index is 11.8. The molecule has 114 valence electrons. The number of carbonyl (C=O) groups is 3. The minimum Gasteiger partial charge on any atom is -0.459 e. The van der Waals surface area contributed by atoms with E-state index in [0.717, 1.165) is 6.26 Å². The number of ketones is 1. The number of ether oxygens (including phenoxy) is 1. The Hall–Kier alpha value is -2.22. The molecule has 0 atom stereocenters. The van der Waals surface area contributed by atoms with Gasteiger partial charge in [-0.25, -0.2) is 13.2 Å². The molecular weight excluding hydrogens is 298 g/mol. The summed E-state index contributed by atoms with van der Waals surface area (Å²) in [6.45, 7) is 1.24. The van der Waals surface area contributed by atoms with Gasteiger partial charge in [0.1, 0.15) is 0 Å². The number of nitrogens with one attached hydrogen (secondary N) is 1. The molecule has 0 aliphatic heterocycles. The highest BCUT2D eigenvalue weighted by molar-refractivity contribution is 7.90. The molecule has 7 nitrogen and oxygen atoms in total. The number of rotatable bonds is 5. The topological polar surface area (TPSA) is 107 Å². The summed E-state index contributed by atoms with van der Waals surface area (Å²) >= 11 is 0. The van der Waals surface area contributed by atoms with Crippen LogP contribution in [0.25, 0.3) is 0 Å². The molecule has 0 saturated heterocycles. The van der Waals surface area contributed by atoms with Crippen LogP contribution in [0.1, 0.15) is 17.3 Å². The molecule has 1 amide bonds. The minimum atomic E-state index is -3.33. The summed E-state index contributed by atoms with van der Waals surface area (Å²) in [5.74, 6) is -2.51. The van der Waals surface area contributed by atoms with E-state index in [9.17, 15) is 22.8 Å². The first-order valence-electron chi connectivity index (χ1n) is 6.04. The van der Waals surface area contributed by atoms with E-state index in [1.54, 1.807) is 6.92 Å². The number of carbonyl (C=O) groups excluding carboxylic acids is 3. The third-order valence-corrected chi connectivity index (χ3v) is 3.60. The smallest absolute Gasteiger partial charge is 0.396 e. The molecule has 0 aromatic heterocycles. The molecule has 21 heavy (non-hydrogen) atoms. The molecule has 8 heteroatoms. The van der Waals surface area contributed by atoms with Crippen LogP contribution in [-0.2, 0) is 24.2 Å². The van der Waals surface area contributed by atoms with E-state index >= 15 is 0 Å². The van der Waals surface area contributed by atoms with Crippen molar-refractivity contribution >= 4 is 27.5 Å². The highest BCUT2D eigenvalue weighted by Crippen LogP contribution is 2.10. The van der Waals surface area contributed by atoms with Gasteiger partial charge < -0.3 is 10.1 Å². The number of amides is 1. The lowest BCUT2D eigenvalue weighted by Crippen LogP contribution is -2.36. The van der Waals surface area contributed by atoms with Crippen LogP contribution in [0.2, 0.25) is 0 Å². The molecule has 0 bridgehead atoms. The van der Waals surface area contributed by atoms with Crippen LogP contribution in [0.15, 0.2) is 29.2 Å². The molecule has 1 N–H and O–H groups in total. The van der Waals surface area contributed by atoms with Crippen molar-refractivity contribution in [2.75, 3.05) is 19.4 Å². The molecule has 0 unspecified atom stereocenters. The summed E-state index contributed by atoms with van der Waals surface area (Å²) in [5, 5.41) is 2.13. The van der Waals surface area contributed by atoms with Gasteiger partial charge >= 0.3 is 11.9 Å². The zero-order chi connectivity index (χ0) is 16.0. The Labute approximate surface area is 122 Å². The van der Waals surface area contributed by atoms with Gasteiger partial charge in [0.15, 0.2) is 15.6 Å². The molecule has 0 fully saturated rings. The van der Waals surface area contributed by atoms with E-state index < -0.39 is 27.5 Å². The Bertz CT molecular complexity index is 648. The van der Waals surface area contributed by atoms with Crippen molar-refractivity contribution in [2.45, 2.75) is 11.8 Å². The van der Waals surface area contributed by atoms with Crippen LogP contribution < -0.4 is 5.32 Å². The lowest BCUT2D eigenvalue weighted by atomic mass is 10.1. The van der Waals surface area contributed by atoms with Crippen molar-refractivity contribution in [2.24, 2.45) is 0 Å². The molecule has 0 saturated carbocycles. The highest BCUT2D eigenvalue weighted by Gasteiger charge is 2.16. The number of hydrogen-bond donors (Lipinski definition) is 1. The van der Waals surface area contributed by atoms with Crippen LogP contribution in [0.4, 0.5) is 0 Å². The average Bonchev–Trinajstić information content (AvgIpc) is 2.43. The van der Waals surface area contributed by atoms with Crippen LogP contribution in [0, 0.1) is 0 Å². The van der Waals surface area contributed by atoms with Crippen molar-refractivity contribution < 1.29 is 27.5 Å². The maximum Gasteiger partial charge on any atom is 0.396 e. The number of hydrogen-bond acceptors (Lipinski definition) is 6. The SMILES string of the molecule is CCOC(=O)C(=O)NCC(=O)c1ccc(S(C)(=O)=O)cc1. The number of Topliss-reactive ketones (excluding diaryl/α,β-unsaturated/α-hetero) is 1. The number of benzene rings is 1. The largest absolute Gasteiger partial charge is 0.459 e. The molecule has 0 radical (unpaired) electrons. The van der Waals surface area contributed by atoms with Gasteiger partial charge in [-0.15, -0.1) is 0 Å². The molecular formula is C13H15NO6S. The van der Waals surface area contributed by atoms with E-state index in [0.29, 0.717) is 0 Å². The Morgan fingerprint density at radius 1 is 1.14 bits per heavy atom. The normalized spacial score (nSPS) is 10.8. The van der Waals surface area contributed by atoms with Crippen molar-refractivity contribution in [3.05, 3.63) is 29.8 Å². The zero-order valence-corrected chi connectivity index (χ0v) is 12.4. The Morgan fingerprint density at radius 2 is 1.71 bits per heavy atom. The van der Waals surface area contributed by atoms with Gasteiger partial charge in [0.25, 0.3) is 0 Å². The van der Waals surface area contributed by atoms with Gasteiger partial charge in [-0.2, -0.15) is 0 Å². The summed E-state index contributed by atoms with van der Waals surface area (Å²) in [7, 11) is -3.33. The predicted molar refractivity (Wildman–Crippen MR) is 73.5 cm³/mol. The molecule has 0 heterocycles. The maximum absolute atomic E-state index is 11.8. The third kappa shape index (κ3) is 4.99. The van der Waals surface area contributed by atoms with Gasteiger partial charge in [0, 0.05) is 11.8 Å². The van der Waals surface area contributed by atoms with Gasteiger partial charge in [-0.05, 0) is 19.1 Å². The van der Waals surface area contributed by atoms with E-state index in [1.165, 1.54) is 24.3 Å². The quantitative estimate of drug-likeness (QED) is 0.464. The average molecular weight is 313 g/mol. The second-order valence-electron chi connectivity index (χ2n) is 4.12. The van der Waals surface area contributed by atoms with Crippen LogP contribution in [0.3, 0.4) is 0 Å². The molecule has 1 aromatic rings. The number of sulfone groups is 1. The van der Waals surface area contributed by atoms with Gasteiger partial charge in [0.05, 0.1) is 18.0 Å². The van der Waals surface area contributed by atoms with Crippen LogP contribution in [-0.4, -0.2) is 45.5 Å². The lowest BCUT2D eigenvalue weighted by molar-refractivity contribution is -0.154. The Balaban J connectivity index is 2.65. The van der Waals surface area contributed by atoms with E-state index in [2.05, 4.69) is 10.1 Å². The van der Waals surface area contributed by atoms with Crippen molar-refractivity contribution in [1.82, 2.24) is 5.32 Å². The highest BCUT2D eigenvalue weighted by atomic mass is 32.2. The van der Waals surface area contributed by atoms with E-state index in [4.69, 9.17) is 0 Å². The fraction of sp³-hybridized carbons (Fsp3) is 0.308. The minimum absolute atomic E-state index is 0.0627. The van der Waals surface area contributed by atoms with Crippen molar-refractivity contribution in [1.29, 1.82) is 0 Å². The fourth-order valence-corrected chi connectivity index (χ4v) is 2.05. The zero-order valence-electron chi connectivity index (χ0n) is 11.6. The van der Waals surface area contributed by atoms with Crippen molar-refractivity contribution in [3.63, 3.8) is 0 Å². The third-order valence-electron chi connectivity index (χ3n) is 2.47. The first-order chi connectivity index (χ1) is 9.75. The standard InChI is InChI=1S/C13H15NO6S/c1-3-20-13(17)12(16)14-8-11(15)9-4-6-10(7-5-9)21(2,18)19/h4-7H,3,8H2,1-2H3,(H,14,16). The summed E-state index contributed by atoms with van der Waals surface area (Å²) in [6, 6.07) is 5.29. The second kappa shape index (κ2) is 6.98. The molecule has 0 aliphatic carbocycles. The summed E-state index contributed by atoms with van der Waals surface area (Å²) < 4.78 is 27.0. The Morgan fingerprint density at radius 3 is 2.19 bits per heavy atom. The van der Waals surface area contributed by atoms with E-state index in [-0.39, 0.29) is 23.6 Å². The first-order valence-corrected chi connectivity index (χ1v) is 7.93. The molecule has 0 spiro atoms. The fourth-order valence-electron chi connectivity index (χ4n) is 1.42.